The van der Waals surface area contributed by atoms with Crippen LogP contribution in [0.2, 0.25) is 0 Å². The lowest BCUT2D eigenvalue weighted by atomic mass is 10.1. The van der Waals surface area contributed by atoms with Crippen LogP contribution in [0.5, 0.6) is 11.5 Å². The van der Waals surface area contributed by atoms with Crippen LogP contribution in [0, 0.1) is 5.82 Å². The summed E-state index contributed by atoms with van der Waals surface area (Å²) in [6, 6.07) is 13.6. The number of halogens is 1. The van der Waals surface area contributed by atoms with Crippen molar-refractivity contribution in [2.75, 3.05) is 0 Å². The molecule has 0 amide bonds. The normalized spacial score (nSPS) is 12.3. The number of benzene rings is 2. The number of aromatic nitrogens is 1. The van der Waals surface area contributed by atoms with E-state index in [1.807, 2.05) is 30.3 Å². The number of pyridine rings is 1. The quantitative estimate of drug-likeness (QED) is 0.783. The largest absolute Gasteiger partial charge is 0.456 e. The molecule has 0 unspecified atom stereocenters. The van der Waals surface area contributed by atoms with Gasteiger partial charge < -0.3 is 10.5 Å². The summed E-state index contributed by atoms with van der Waals surface area (Å²) < 4.78 is 19.9. The molecule has 3 aromatic rings. The predicted octanol–water partition coefficient (Wildman–Crippen LogP) is 4.19. The summed E-state index contributed by atoms with van der Waals surface area (Å²) in [6.07, 6.45) is 1.72. The minimum absolute atomic E-state index is 0.360. The monoisotopic (exact) mass is 282 g/mol. The van der Waals surface area contributed by atoms with E-state index in [9.17, 15) is 4.39 Å². The maximum atomic E-state index is 13.9. The number of fused-ring (bicyclic) bond motifs is 1. The summed E-state index contributed by atoms with van der Waals surface area (Å²) in [5.41, 5.74) is 7.05. The van der Waals surface area contributed by atoms with Gasteiger partial charge >= 0.3 is 0 Å². The Labute approximate surface area is 122 Å². The van der Waals surface area contributed by atoms with E-state index in [-0.39, 0.29) is 5.82 Å². The molecule has 0 saturated heterocycles. The van der Waals surface area contributed by atoms with Gasteiger partial charge in [0.05, 0.1) is 5.52 Å². The van der Waals surface area contributed by atoms with Crippen LogP contribution in [-0.2, 0) is 0 Å². The van der Waals surface area contributed by atoms with Crippen LogP contribution in [-0.4, -0.2) is 4.98 Å². The molecule has 0 aliphatic rings. The molecule has 0 aliphatic heterocycles. The summed E-state index contributed by atoms with van der Waals surface area (Å²) in [5.74, 6) is 0.704. The zero-order valence-electron chi connectivity index (χ0n) is 11.6. The molecule has 4 heteroatoms. The molecular weight excluding hydrogens is 267 g/mol. The number of rotatable bonds is 3. The average molecular weight is 282 g/mol. The third kappa shape index (κ3) is 2.58. The molecular formula is C17H15FN2O. The van der Waals surface area contributed by atoms with E-state index in [1.54, 1.807) is 25.3 Å². The summed E-state index contributed by atoms with van der Waals surface area (Å²) >= 11 is 0. The molecule has 3 rings (SSSR count). The molecule has 21 heavy (non-hydrogen) atoms. The van der Waals surface area contributed by atoms with Crippen LogP contribution in [0.25, 0.3) is 10.9 Å². The second-order valence-electron chi connectivity index (χ2n) is 4.87. The Morgan fingerprint density at radius 1 is 1.05 bits per heavy atom. The van der Waals surface area contributed by atoms with Crippen LogP contribution >= 0.6 is 0 Å². The van der Waals surface area contributed by atoms with Crippen LogP contribution in [0.1, 0.15) is 18.5 Å². The van der Waals surface area contributed by atoms with Gasteiger partial charge in [0.15, 0.2) is 0 Å². The third-order valence-electron chi connectivity index (χ3n) is 3.29. The molecule has 0 radical (unpaired) electrons. The molecule has 0 spiro atoms. The molecule has 2 N–H and O–H groups in total. The highest BCUT2D eigenvalue weighted by Gasteiger charge is 2.15. The van der Waals surface area contributed by atoms with Gasteiger partial charge in [0.25, 0.3) is 0 Å². The molecule has 1 heterocycles. The zero-order valence-corrected chi connectivity index (χ0v) is 11.6. The summed E-state index contributed by atoms with van der Waals surface area (Å²) in [7, 11) is 0. The highest BCUT2D eigenvalue weighted by molar-refractivity contribution is 5.85. The Morgan fingerprint density at radius 3 is 2.62 bits per heavy atom. The van der Waals surface area contributed by atoms with E-state index in [2.05, 4.69) is 4.98 Å². The van der Waals surface area contributed by atoms with E-state index in [4.69, 9.17) is 10.5 Å². The van der Waals surface area contributed by atoms with E-state index < -0.39 is 6.04 Å². The third-order valence-corrected chi connectivity index (χ3v) is 3.29. The van der Waals surface area contributed by atoms with E-state index in [0.717, 1.165) is 10.9 Å². The van der Waals surface area contributed by atoms with Crippen molar-refractivity contribution in [3.63, 3.8) is 0 Å². The van der Waals surface area contributed by atoms with Crippen molar-refractivity contribution < 1.29 is 9.13 Å². The minimum Gasteiger partial charge on any atom is -0.456 e. The molecule has 1 atom stereocenters. The molecule has 106 valence electrons. The number of hydrogen-bond donors (Lipinski definition) is 1. The lowest BCUT2D eigenvalue weighted by Crippen LogP contribution is -2.09. The van der Waals surface area contributed by atoms with E-state index >= 15 is 0 Å². The lowest BCUT2D eigenvalue weighted by molar-refractivity contribution is 0.465. The maximum absolute atomic E-state index is 13.9. The molecule has 3 nitrogen and oxygen atoms in total. The highest BCUT2D eigenvalue weighted by Crippen LogP contribution is 2.33. The van der Waals surface area contributed by atoms with Gasteiger partial charge in [-0.15, -0.1) is 0 Å². The number of ether oxygens (including phenoxy) is 1. The maximum Gasteiger partial charge on any atom is 0.136 e. The summed E-state index contributed by atoms with van der Waals surface area (Å²) in [5, 5.41) is 0.875. The standard InChI is InChI=1S/C17H15FN2O/c1-11(19)17-13(18)6-2-9-16(17)21-15-8-3-7-14-12(15)5-4-10-20-14/h2-11H,19H2,1H3/t11-/m1/s1. The molecule has 0 bridgehead atoms. The second-order valence-corrected chi connectivity index (χ2v) is 4.87. The number of nitrogens with zero attached hydrogens (tertiary/aromatic N) is 1. The molecule has 2 aromatic carbocycles. The smallest absolute Gasteiger partial charge is 0.136 e. The zero-order chi connectivity index (χ0) is 14.8. The lowest BCUT2D eigenvalue weighted by Gasteiger charge is -2.15. The first-order valence-electron chi connectivity index (χ1n) is 6.72. The Kier molecular flexibility index (Phi) is 3.54. The van der Waals surface area contributed by atoms with Crippen LogP contribution < -0.4 is 10.5 Å². The van der Waals surface area contributed by atoms with Crippen molar-refractivity contribution in [3.8, 4) is 11.5 Å². The topological polar surface area (TPSA) is 48.1 Å². The van der Waals surface area contributed by atoms with Crippen molar-refractivity contribution in [2.24, 2.45) is 5.73 Å². The van der Waals surface area contributed by atoms with Gasteiger partial charge in [-0.2, -0.15) is 0 Å². The van der Waals surface area contributed by atoms with Crippen molar-refractivity contribution in [1.29, 1.82) is 0 Å². The van der Waals surface area contributed by atoms with Gasteiger partial charge in [0.2, 0.25) is 0 Å². The minimum atomic E-state index is -0.450. The Balaban J connectivity index is 2.09. The first kappa shape index (κ1) is 13.5. The van der Waals surface area contributed by atoms with Crippen molar-refractivity contribution >= 4 is 10.9 Å². The predicted molar refractivity (Wildman–Crippen MR) is 80.8 cm³/mol. The van der Waals surface area contributed by atoms with Crippen LogP contribution in [0.4, 0.5) is 4.39 Å². The van der Waals surface area contributed by atoms with Gasteiger partial charge in [-0.25, -0.2) is 4.39 Å². The van der Waals surface area contributed by atoms with Crippen molar-refractivity contribution in [1.82, 2.24) is 4.98 Å². The Bertz CT molecular complexity index is 781. The van der Waals surface area contributed by atoms with Crippen LogP contribution in [0.15, 0.2) is 54.7 Å². The molecule has 0 aliphatic carbocycles. The van der Waals surface area contributed by atoms with Gasteiger partial charge in [-0.05, 0) is 43.3 Å². The number of hydrogen-bond acceptors (Lipinski definition) is 3. The second kappa shape index (κ2) is 5.50. The fourth-order valence-electron chi connectivity index (χ4n) is 2.33. The SMILES string of the molecule is C[C@@H](N)c1c(F)cccc1Oc1cccc2ncccc12. The van der Waals surface area contributed by atoms with E-state index in [0.29, 0.717) is 17.1 Å². The molecule has 1 aromatic heterocycles. The van der Waals surface area contributed by atoms with Crippen molar-refractivity contribution in [2.45, 2.75) is 13.0 Å². The molecule has 0 fully saturated rings. The summed E-state index contributed by atoms with van der Waals surface area (Å²) in [6.45, 7) is 1.73. The van der Waals surface area contributed by atoms with Gasteiger partial charge in [0, 0.05) is 23.2 Å². The fourth-order valence-corrected chi connectivity index (χ4v) is 2.33. The van der Waals surface area contributed by atoms with Crippen LogP contribution in [0.3, 0.4) is 0 Å². The first-order valence-corrected chi connectivity index (χ1v) is 6.72. The van der Waals surface area contributed by atoms with Gasteiger partial charge in [0.1, 0.15) is 17.3 Å². The molecule has 0 saturated carbocycles. The first-order chi connectivity index (χ1) is 10.2. The van der Waals surface area contributed by atoms with Gasteiger partial charge in [-0.1, -0.05) is 12.1 Å². The van der Waals surface area contributed by atoms with Crippen molar-refractivity contribution in [3.05, 3.63) is 66.1 Å². The number of nitrogens with two attached hydrogens (primary N) is 1. The Hall–Kier alpha value is -2.46. The highest BCUT2D eigenvalue weighted by atomic mass is 19.1. The van der Waals surface area contributed by atoms with E-state index in [1.165, 1.54) is 6.07 Å². The average Bonchev–Trinajstić information content (AvgIpc) is 2.47. The summed E-state index contributed by atoms with van der Waals surface area (Å²) in [4.78, 5) is 4.28. The fraction of sp³-hybridized carbons (Fsp3) is 0.118. The van der Waals surface area contributed by atoms with Gasteiger partial charge in [-0.3, -0.25) is 4.98 Å². The Morgan fingerprint density at radius 2 is 1.81 bits per heavy atom.